The van der Waals surface area contributed by atoms with Crippen LogP contribution in [0.1, 0.15) is 0 Å². The van der Waals surface area contributed by atoms with Crippen LogP contribution in [0.5, 0.6) is 0 Å². The van der Waals surface area contributed by atoms with Crippen LogP contribution in [0.2, 0.25) is 0 Å². The zero-order valence-corrected chi connectivity index (χ0v) is 22.2. The summed E-state index contributed by atoms with van der Waals surface area (Å²) in [6.07, 6.45) is 7.19. The van der Waals surface area contributed by atoms with Crippen LogP contribution in [0.3, 0.4) is 0 Å². The third-order valence-electron chi connectivity index (χ3n) is 7.59. The number of rotatable bonds is 3. The van der Waals surface area contributed by atoms with Gasteiger partial charge in [-0.2, -0.15) is 0 Å². The van der Waals surface area contributed by atoms with Crippen LogP contribution in [-0.4, -0.2) is 25.5 Å². The van der Waals surface area contributed by atoms with Crippen LogP contribution in [0.25, 0.3) is 0 Å². The van der Waals surface area contributed by atoms with E-state index in [9.17, 15) is 0 Å². The van der Waals surface area contributed by atoms with Gasteiger partial charge in [-0.25, -0.2) is 10.0 Å². The smallest absolute Gasteiger partial charge is 0.252 e. The lowest BCUT2D eigenvalue weighted by molar-refractivity contribution is 1.22. The molecule has 37 heavy (non-hydrogen) atoms. The monoisotopic (exact) mass is 496 g/mol. The Bertz CT molecular complexity index is 1510. The summed E-state index contributed by atoms with van der Waals surface area (Å²) in [5.74, 6) is 0. The fourth-order valence-corrected chi connectivity index (χ4v) is 6.87. The average Bonchev–Trinajstić information content (AvgIpc) is 2.93. The summed E-state index contributed by atoms with van der Waals surface area (Å²) in [6.45, 7) is 0.182. The first-order valence-electron chi connectivity index (χ1n) is 12.8. The maximum absolute atomic E-state index is 2.48. The Labute approximate surface area is 221 Å². The van der Waals surface area contributed by atoms with Gasteiger partial charge in [0.1, 0.15) is 0 Å². The van der Waals surface area contributed by atoms with Crippen molar-refractivity contribution >= 4 is 67.3 Å². The molecule has 0 saturated heterocycles. The van der Waals surface area contributed by atoms with Gasteiger partial charge in [0.25, 0.3) is 6.71 Å². The Hall–Kier alpha value is -3.89. The van der Waals surface area contributed by atoms with E-state index in [1.165, 1.54) is 55.4 Å². The van der Waals surface area contributed by atoms with Crippen LogP contribution >= 0.6 is 10.0 Å². The average molecular weight is 496 g/mol. The normalized spacial score (nSPS) is 14.1. The molecule has 0 spiro atoms. The first kappa shape index (κ1) is 22.3. The molecule has 0 fully saturated rings. The van der Waals surface area contributed by atoms with Gasteiger partial charge in [-0.15, -0.1) is 0 Å². The highest BCUT2D eigenvalue weighted by atomic mass is 32.3. The van der Waals surface area contributed by atoms with Crippen LogP contribution in [-0.2, 0) is 0 Å². The molecule has 180 valence electrons. The maximum atomic E-state index is 2.48. The van der Waals surface area contributed by atoms with Crippen LogP contribution in [0.15, 0.2) is 126 Å². The highest BCUT2D eigenvalue weighted by molar-refractivity contribution is 8.32. The zero-order chi connectivity index (χ0) is 25.1. The third kappa shape index (κ3) is 3.43. The van der Waals surface area contributed by atoms with E-state index >= 15 is 0 Å². The molecule has 5 aromatic rings. The molecule has 2 aliphatic rings. The molecule has 0 unspecified atom stereocenters. The van der Waals surface area contributed by atoms with Crippen LogP contribution in [0, 0.1) is 0 Å². The van der Waals surface area contributed by atoms with E-state index in [0.717, 1.165) is 0 Å². The van der Waals surface area contributed by atoms with Gasteiger partial charge in [0.15, 0.2) is 0 Å². The second kappa shape index (κ2) is 8.32. The molecule has 2 heterocycles. The molecule has 4 heteroatoms. The van der Waals surface area contributed by atoms with Crippen molar-refractivity contribution in [2.24, 2.45) is 0 Å². The molecule has 0 aromatic heterocycles. The molecule has 7 rings (SSSR count). The molecular formula is C33H29BN2S. The summed E-state index contributed by atoms with van der Waals surface area (Å²) in [4.78, 5) is 6.38. The van der Waals surface area contributed by atoms with E-state index in [0.29, 0.717) is 0 Å². The van der Waals surface area contributed by atoms with Gasteiger partial charge in [0.05, 0.1) is 0 Å². The number of nitrogens with zero attached hydrogens (tertiary/aromatic N) is 2. The zero-order valence-electron chi connectivity index (χ0n) is 21.4. The fourth-order valence-electron chi connectivity index (χ4n) is 5.94. The first-order valence-corrected chi connectivity index (χ1v) is 15.6. The molecule has 0 aliphatic carbocycles. The van der Waals surface area contributed by atoms with Gasteiger partial charge in [0.2, 0.25) is 0 Å². The highest BCUT2D eigenvalue weighted by Gasteiger charge is 2.43. The van der Waals surface area contributed by atoms with E-state index in [1.807, 2.05) is 0 Å². The van der Waals surface area contributed by atoms with Gasteiger partial charge in [-0.05, 0) is 88.6 Å². The van der Waals surface area contributed by atoms with Crippen molar-refractivity contribution in [3.05, 3.63) is 121 Å². The van der Waals surface area contributed by atoms with Crippen molar-refractivity contribution in [3.63, 3.8) is 0 Å². The maximum Gasteiger partial charge on any atom is 0.252 e. The van der Waals surface area contributed by atoms with Gasteiger partial charge in [-0.1, -0.05) is 72.8 Å². The summed E-state index contributed by atoms with van der Waals surface area (Å²) in [5.41, 5.74) is 11.6. The Balaban J connectivity index is 1.63. The second-order valence-corrected chi connectivity index (χ2v) is 14.8. The SMILES string of the molecule is CS(C)(C)c1cc2c3c(c1)N(c1ccccc1)c1ccccc1B3c1ccccc1N2c1ccccc1. The van der Waals surface area contributed by atoms with Crippen LogP contribution < -0.4 is 26.2 Å². The molecule has 0 N–H and O–H groups in total. The Morgan fingerprint density at radius 1 is 0.486 bits per heavy atom. The van der Waals surface area contributed by atoms with Gasteiger partial charge in [-0.3, -0.25) is 0 Å². The first-order chi connectivity index (χ1) is 18.0. The highest BCUT2D eigenvalue weighted by Crippen LogP contribution is 2.51. The van der Waals surface area contributed by atoms with E-state index in [4.69, 9.17) is 0 Å². The van der Waals surface area contributed by atoms with Crippen molar-refractivity contribution in [1.82, 2.24) is 0 Å². The minimum absolute atomic E-state index is 0.182. The van der Waals surface area contributed by atoms with Gasteiger partial charge in [0, 0.05) is 34.1 Å². The molecule has 0 bridgehead atoms. The number of anilines is 6. The molecule has 2 aliphatic heterocycles. The quantitative estimate of drug-likeness (QED) is 0.248. The number of hydrogen-bond donors (Lipinski definition) is 0. The number of hydrogen-bond acceptors (Lipinski definition) is 2. The molecule has 0 atom stereocenters. The minimum Gasteiger partial charge on any atom is -0.311 e. The lowest BCUT2D eigenvalue weighted by Crippen LogP contribution is -2.61. The van der Waals surface area contributed by atoms with Crippen molar-refractivity contribution in [2.45, 2.75) is 4.90 Å². The Kier molecular flexibility index (Phi) is 5.02. The fraction of sp³-hybridized carbons (Fsp3) is 0.0909. The molecule has 2 nitrogen and oxygen atoms in total. The lowest BCUT2D eigenvalue weighted by Gasteiger charge is -2.45. The van der Waals surface area contributed by atoms with Crippen molar-refractivity contribution in [3.8, 4) is 0 Å². The van der Waals surface area contributed by atoms with Crippen molar-refractivity contribution in [2.75, 3.05) is 28.6 Å². The predicted molar refractivity (Wildman–Crippen MR) is 164 cm³/mol. The molecule has 0 radical (unpaired) electrons. The number of para-hydroxylation sites is 4. The minimum atomic E-state index is -0.982. The lowest BCUT2D eigenvalue weighted by atomic mass is 9.33. The second-order valence-electron chi connectivity index (χ2n) is 10.6. The Morgan fingerprint density at radius 3 is 1.32 bits per heavy atom. The molecular weight excluding hydrogens is 467 g/mol. The molecule has 5 aromatic carbocycles. The van der Waals surface area contributed by atoms with Gasteiger partial charge < -0.3 is 9.80 Å². The summed E-state index contributed by atoms with van der Waals surface area (Å²) in [7, 11) is -0.982. The van der Waals surface area contributed by atoms with Gasteiger partial charge >= 0.3 is 0 Å². The Morgan fingerprint density at radius 2 is 0.892 bits per heavy atom. The summed E-state index contributed by atoms with van der Waals surface area (Å²) < 4.78 is 0. The molecule has 0 amide bonds. The number of benzene rings is 5. The molecule has 0 saturated carbocycles. The summed E-state index contributed by atoms with van der Waals surface area (Å²) in [5, 5.41) is 0. The summed E-state index contributed by atoms with van der Waals surface area (Å²) in [6, 6.07) is 44.5. The van der Waals surface area contributed by atoms with Crippen LogP contribution in [0.4, 0.5) is 34.1 Å². The largest absolute Gasteiger partial charge is 0.311 e. The topological polar surface area (TPSA) is 6.48 Å². The predicted octanol–water partition coefficient (Wildman–Crippen LogP) is 6.82. The third-order valence-corrected chi connectivity index (χ3v) is 9.24. The van der Waals surface area contributed by atoms with Crippen molar-refractivity contribution < 1.29 is 0 Å². The van der Waals surface area contributed by atoms with E-state index in [-0.39, 0.29) is 6.71 Å². The standard InChI is InChI=1S/C33H29BN2S/c1-37(2,3)26-22-31-33-32(23-26)36(25-16-8-5-9-17-25)30-21-13-11-19-28(30)34(33)27-18-10-12-20-29(27)35(31)24-14-6-4-7-15-24/h4-23H,1-3H3. The van der Waals surface area contributed by atoms with E-state index < -0.39 is 10.0 Å². The number of fused-ring (bicyclic) bond motifs is 4. The van der Waals surface area contributed by atoms with E-state index in [2.05, 4.69) is 150 Å². The van der Waals surface area contributed by atoms with Crippen molar-refractivity contribution in [1.29, 1.82) is 0 Å². The summed E-state index contributed by atoms with van der Waals surface area (Å²) >= 11 is 0. The van der Waals surface area contributed by atoms with E-state index in [1.54, 1.807) is 0 Å².